The fraction of sp³-hybridized carbons (Fsp3) is 0.292. The van der Waals surface area contributed by atoms with Crippen molar-refractivity contribution in [3.8, 4) is 11.3 Å². The van der Waals surface area contributed by atoms with E-state index in [1.807, 2.05) is 42.3 Å². The third kappa shape index (κ3) is 5.38. The number of anilines is 4. The summed E-state index contributed by atoms with van der Waals surface area (Å²) in [6.45, 7) is 4.43. The van der Waals surface area contributed by atoms with Gasteiger partial charge in [0.2, 0.25) is 0 Å². The molecule has 0 radical (unpaired) electrons. The van der Waals surface area contributed by atoms with Gasteiger partial charge >= 0.3 is 14.0 Å². The molecule has 0 aliphatic carbocycles. The number of aromatic nitrogens is 3. The van der Waals surface area contributed by atoms with Crippen LogP contribution in [0.2, 0.25) is 0 Å². The van der Waals surface area contributed by atoms with Crippen LogP contribution in [-0.4, -0.2) is 74.3 Å². The number of amides is 1. The summed E-state index contributed by atoms with van der Waals surface area (Å²) in [5, 5.41) is 2.88. The Hall–Kier alpha value is -4.19. The molecule has 1 atom stereocenters. The highest BCUT2D eigenvalue weighted by molar-refractivity contribution is 6.07. The van der Waals surface area contributed by atoms with Gasteiger partial charge in [0.25, 0.3) is 5.91 Å². The van der Waals surface area contributed by atoms with Crippen LogP contribution in [0.15, 0.2) is 48.9 Å². The minimum Gasteiger partial charge on any atom is -0.542 e. The second-order valence-electron chi connectivity index (χ2n) is 8.29. The molecule has 4 rings (SSSR count). The Morgan fingerprint density at radius 2 is 1.92 bits per heavy atom. The molecule has 36 heavy (non-hydrogen) atoms. The highest BCUT2D eigenvalue weighted by atomic mass is 16.5. The summed E-state index contributed by atoms with van der Waals surface area (Å²) in [4.78, 5) is 41.8. The van der Waals surface area contributed by atoms with E-state index in [9.17, 15) is 9.59 Å². The van der Waals surface area contributed by atoms with E-state index >= 15 is 0 Å². The lowest BCUT2D eigenvalue weighted by Gasteiger charge is -2.30. The molecule has 3 heterocycles. The van der Waals surface area contributed by atoms with Gasteiger partial charge in [-0.25, -0.2) is 9.97 Å². The minimum absolute atomic E-state index is 0.0183. The second kappa shape index (κ2) is 11.0. The van der Waals surface area contributed by atoms with E-state index in [1.165, 1.54) is 14.2 Å². The highest BCUT2D eigenvalue weighted by Crippen LogP contribution is 2.27. The number of ether oxygens (including phenoxy) is 1. The van der Waals surface area contributed by atoms with Gasteiger partial charge in [-0.2, -0.15) is 0 Å². The van der Waals surface area contributed by atoms with Crippen LogP contribution in [0.25, 0.3) is 11.3 Å². The SMILES string of the molecule is BOC(=O)[C@H](C)N(C)c1ccc(-c2cnc(N)c(C(=O)Nc3cnccc3N3CCOCC3)n2)cc1. The maximum Gasteiger partial charge on any atom is 0.326 e. The molecule has 3 aromatic rings. The van der Waals surface area contributed by atoms with Crippen molar-refractivity contribution in [2.45, 2.75) is 13.0 Å². The van der Waals surface area contributed by atoms with Gasteiger partial charge in [-0.3, -0.25) is 14.6 Å². The number of hydrogen-bond donors (Lipinski definition) is 2. The number of nitrogens with two attached hydrogens (primary N) is 1. The van der Waals surface area contributed by atoms with Gasteiger partial charge in [0.05, 0.1) is 42.7 Å². The monoisotopic (exact) mass is 489 g/mol. The summed E-state index contributed by atoms with van der Waals surface area (Å²) in [5.41, 5.74) is 9.50. The van der Waals surface area contributed by atoms with E-state index in [-0.39, 0.29) is 17.5 Å². The number of nitrogens with zero attached hydrogens (tertiary/aromatic N) is 5. The Morgan fingerprint density at radius 1 is 1.19 bits per heavy atom. The average Bonchev–Trinajstić information content (AvgIpc) is 2.93. The van der Waals surface area contributed by atoms with Crippen molar-refractivity contribution >= 4 is 42.8 Å². The Bertz CT molecular complexity index is 1240. The number of hydrogen-bond acceptors (Lipinski definition) is 10. The van der Waals surface area contributed by atoms with Crippen LogP contribution in [0, 0.1) is 0 Å². The number of nitrogen functional groups attached to an aromatic ring is 1. The fourth-order valence-corrected chi connectivity index (χ4v) is 3.87. The Balaban J connectivity index is 1.54. The van der Waals surface area contributed by atoms with Gasteiger partial charge in [0.1, 0.15) is 6.04 Å². The zero-order valence-electron chi connectivity index (χ0n) is 20.5. The van der Waals surface area contributed by atoms with Crippen LogP contribution in [-0.2, 0) is 14.2 Å². The minimum atomic E-state index is -0.479. The number of carbonyl (C=O) groups is 2. The van der Waals surface area contributed by atoms with Crippen molar-refractivity contribution in [2.75, 3.05) is 54.2 Å². The molecule has 1 amide bonds. The van der Waals surface area contributed by atoms with Crippen LogP contribution in [0.3, 0.4) is 0 Å². The molecule has 3 N–H and O–H groups in total. The van der Waals surface area contributed by atoms with Crippen molar-refractivity contribution in [2.24, 2.45) is 0 Å². The summed E-state index contributed by atoms with van der Waals surface area (Å²) < 4.78 is 10.2. The van der Waals surface area contributed by atoms with Gasteiger partial charge in [0.15, 0.2) is 11.5 Å². The van der Waals surface area contributed by atoms with Crippen LogP contribution >= 0.6 is 0 Å². The lowest BCUT2D eigenvalue weighted by molar-refractivity contribution is -0.135. The van der Waals surface area contributed by atoms with Crippen molar-refractivity contribution in [3.63, 3.8) is 0 Å². The number of nitrogens with one attached hydrogen (secondary N) is 1. The van der Waals surface area contributed by atoms with E-state index in [1.54, 1.807) is 19.3 Å². The van der Waals surface area contributed by atoms with Gasteiger partial charge in [-0.15, -0.1) is 0 Å². The molecule has 11 nitrogen and oxygen atoms in total. The van der Waals surface area contributed by atoms with E-state index in [0.29, 0.717) is 37.7 Å². The van der Waals surface area contributed by atoms with Crippen molar-refractivity contribution in [3.05, 3.63) is 54.6 Å². The molecular weight excluding hydrogens is 461 g/mol. The molecule has 0 bridgehead atoms. The molecule has 1 aliphatic rings. The standard InChI is InChI=1S/C24H28BN7O4/c1-15(24(34)36-25)31(2)17-5-3-16(4-6-17)18-14-28-22(26)21(29-18)23(33)30-19-13-27-8-7-20(19)32-9-11-35-12-10-32/h3-8,13-15H,9-12,25H2,1-2H3,(H2,26,28)(H,30,33)/t15-/m0/s1. The van der Waals surface area contributed by atoms with E-state index in [0.717, 1.165) is 16.9 Å². The van der Waals surface area contributed by atoms with Gasteiger partial charge in [-0.05, 0) is 25.1 Å². The van der Waals surface area contributed by atoms with Crippen molar-refractivity contribution < 1.29 is 19.0 Å². The largest absolute Gasteiger partial charge is 0.542 e. The maximum absolute atomic E-state index is 13.1. The maximum atomic E-state index is 13.1. The zero-order chi connectivity index (χ0) is 25.7. The number of carbonyl (C=O) groups excluding carboxylic acids is 2. The number of pyridine rings is 1. The van der Waals surface area contributed by atoms with Gasteiger partial charge < -0.3 is 30.2 Å². The number of morpholine rings is 1. The predicted octanol–water partition coefficient (Wildman–Crippen LogP) is 1.13. The first kappa shape index (κ1) is 24.9. The zero-order valence-corrected chi connectivity index (χ0v) is 20.5. The first-order valence-corrected chi connectivity index (χ1v) is 11.5. The van der Waals surface area contributed by atoms with Crippen molar-refractivity contribution in [1.82, 2.24) is 15.0 Å². The number of likely N-dealkylation sites (N-methyl/N-ethyl adjacent to an activating group) is 1. The smallest absolute Gasteiger partial charge is 0.326 e. The summed E-state index contributed by atoms with van der Waals surface area (Å²) >= 11 is 0. The lowest BCUT2D eigenvalue weighted by atomic mass is 10.1. The molecule has 0 saturated carbocycles. The fourth-order valence-electron chi connectivity index (χ4n) is 3.87. The third-order valence-electron chi connectivity index (χ3n) is 6.11. The third-order valence-corrected chi connectivity index (χ3v) is 6.11. The lowest BCUT2D eigenvalue weighted by Crippen LogP contribution is -2.36. The molecule has 1 aliphatic heterocycles. The molecule has 1 saturated heterocycles. The summed E-state index contributed by atoms with van der Waals surface area (Å²) in [6.07, 6.45) is 4.80. The molecule has 12 heteroatoms. The van der Waals surface area contributed by atoms with Crippen LogP contribution < -0.4 is 20.9 Å². The summed E-state index contributed by atoms with van der Waals surface area (Å²) in [7, 11) is 3.17. The molecule has 0 spiro atoms. The van der Waals surface area contributed by atoms with Crippen molar-refractivity contribution in [1.29, 1.82) is 0 Å². The summed E-state index contributed by atoms with van der Waals surface area (Å²) in [6, 6.07) is 8.81. The van der Waals surface area contributed by atoms with Crippen LogP contribution in [0.1, 0.15) is 17.4 Å². The van der Waals surface area contributed by atoms with E-state index < -0.39 is 11.9 Å². The molecule has 186 valence electrons. The average molecular weight is 489 g/mol. The first-order valence-electron chi connectivity index (χ1n) is 11.5. The highest BCUT2D eigenvalue weighted by Gasteiger charge is 2.21. The number of benzene rings is 1. The molecular formula is C24H28BN7O4. The molecule has 2 aromatic heterocycles. The normalized spacial score (nSPS) is 14.1. The summed E-state index contributed by atoms with van der Waals surface area (Å²) in [5.74, 6) is -0.782. The van der Waals surface area contributed by atoms with Crippen LogP contribution in [0.4, 0.5) is 22.9 Å². The Kier molecular flexibility index (Phi) is 7.64. The quantitative estimate of drug-likeness (QED) is 0.465. The van der Waals surface area contributed by atoms with Gasteiger partial charge in [-0.1, -0.05) is 12.1 Å². The number of rotatable bonds is 7. The molecule has 1 aromatic carbocycles. The first-order chi connectivity index (χ1) is 17.4. The second-order valence-corrected chi connectivity index (χ2v) is 8.29. The Labute approximate surface area is 210 Å². The topological polar surface area (TPSA) is 136 Å². The van der Waals surface area contributed by atoms with Gasteiger partial charge in [0, 0.05) is 37.6 Å². The Morgan fingerprint density at radius 3 is 2.61 bits per heavy atom. The van der Waals surface area contributed by atoms with Crippen LogP contribution in [0.5, 0.6) is 0 Å². The molecule has 1 fully saturated rings. The molecule has 0 unspecified atom stereocenters. The predicted molar refractivity (Wildman–Crippen MR) is 140 cm³/mol. The van der Waals surface area contributed by atoms with E-state index in [4.69, 9.17) is 15.1 Å². The van der Waals surface area contributed by atoms with E-state index in [2.05, 4.69) is 25.2 Å².